The van der Waals surface area contributed by atoms with Crippen LogP contribution >= 0.6 is 0 Å². The molecular formula is C15H21N5O4. The van der Waals surface area contributed by atoms with Crippen LogP contribution in [0.1, 0.15) is 10.5 Å². The molecule has 0 aromatic carbocycles. The summed E-state index contributed by atoms with van der Waals surface area (Å²) < 4.78 is 2.12. The van der Waals surface area contributed by atoms with E-state index in [-0.39, 0.29) is 24.2 Å². The van der Waals surface area contributed by atoms with Gasteiger partial charge in [0.15, 0.2) is 0 Å². The third-order valence-electron chi connectivity index (χ3n) is 4.91. The lowest BCUT2D eigenvalue weighted by molar-refractivity contribution is -0.142. The van der Waals surface area contributed by atoms with Crippen LogP contribution in [0.5, 0.6) is 0 Å². The first-order valence-electron chi connectivity index (χ1n) is 7.86. The van der Waals surface area contributed by atoms with Gasteiger partial charge in [0.2, 0.25) is 5.91 Å². The van der Waals surface area contributed by atoms with E-state index in [1.165, 1.54) is 24.7 Å². The van der Waals surface area contributed by atoms with Gasteiger partial charge in [-0.25, -0.2) is 4.79 Å². The molecular weight excluding hydrogens is 314 g/mol. The summed E-state index contributed by atoms with van der Waals surface area (Å²) in [5.74, 6) is -0.399. The van der Waals surface area contributed by atoms with Gasteiger partial charge in [-0.15, -0.1) is 0 Å². The Morgan fingerprint density at radius 3 is 2.38 bits per heavy atom. The van der Waals surface area contributed by atoms with E-state index in [4.69, 9.17) is 0 Å². The molecule has 1 atom stereocenters. The Kier molecular flexibility index (Phi) is 4.04. The molecule has 0 bridgehead atoms. The highest BCUT2D eigenvalue weighted by atomic mass is 16.2. The first-order chi connectivity index (χ1) is 11.3. The number of nitrogens with zero attached hydrogens (tertiary/aromatic N) is 5. The van der Waals surface area contributed by atoms with E-state index >= 15 is 0 Å². The van der Waals surface area contributed by atoms with E-state index in [0.717, 1.165) is 11.1 Å². The maximum Gasteiger partial charge on any atom is 0.331 e. The minimum atomic E-state index is -0.544. The smallest absolute Gasteiger partial charge is 0.331 e. The first kappa shape index (κ1) is 16.4. The molecule has 9 nitrogen and oxygen atoms in total. The van der Waals surface area contributed by atoms with Gasteiger partial charge in [-0.3, -0.25) is 28.4 Å². The van der Waals surface area contributed by atoms with Crippen LogP contribution in [0.15, 0.2) is 15.7 Å². The number of hydrogen-bond donors (Lipinski definition) is 0. The Balaban J connectivity index is 1.88. The van der Waals surface area contributed by atoms with E-state index < -0.39 is 17.2 Å². The molecule has 3 heterocycles. The summed E-state index contributed by atoms with van der Waals surface area (Å²) in [6.07, 6.45) is 0. The molecule has 0 N–H and O–H groups in total. The molecule has 9 heteroatoms. The quantitative estimate of drug-likeness (QED) is 0.575. The van der Waals surface area contributed by atoms with Crippen LogP contribution in [0.3, 0.4) is 0 Å². The number of carbonyl (C=O) groups is 2. The summed E-state index contributed by atoms with van der Waals surface area (Å²) in [5.41, 5.74) is -1.01. The van der Waals surface area contributed by atoms with Gasteiger partial charge in [-0.1, -0.05) is 0 Å². The highest BCUT2D eigenvalue weighted by Gasteiger charge is 2.39. The number of rotatable bonds is 1. The highest BCUT2D eigenvalue weighted by molar-refractivity contribution is 5.93. The Morgan fingerprint density at radius 2 is 1.67 bits per heavy atom. The molecule has 0 spiro atoms. The Hall–Kier alpha value is -2.42. The van der Waals surface area contributed by atoms with E-state index in [2.05, 4.69) is 4.90 Å². The molecule has 0 unspecified atom stereocenters. The molecule has 2 aliphatic heterocycles. The Bertz CT molecular complexity index is 811. The van der Waals surface area contributed by atoms with Gasteiger partial charge >= 0.3 is 5.69 Å². The SMILES string of the molecule is CN1CCN2CCN(C(=O)c3cc(=O)n(C)c(=O)n3C)C[C@H]2C1=O. The molecule has 0 aliphatic carbocycles. The van der Waals surface area contributed by atoms with Crippen molar-refractivity contribution in [1.29, 1.82) is 0 Å². The molecule has 2 amide bonds. The topological polar surface area (TPSA) is 87.9 Å². The largest absolute Gasteiger partial charge is 0.343 e. The van der Waals surface area contributed by atoms with Crippen molar-refractivity contribution in [3.05, 3.63) is 32.6 Å². The van der Waals surface area contributed by atoms with Gasteiger partial charge in [0.1, 0.15) is 11.7 Å². The standard InChI is InChI=1S/C15H21N5O4/c1-16-4-5-19-6-7-20(9-11(19)13(16)22)14(23)10-8-12(21)18(3)15(24)17(10)2/h8,11H,4-7,9H2,1-3H3/t11-/m0/s1. The number of fused-ring (bicyclic) bond motifs is 1. The number of likely N-dealkylation sites (N-methyl/N-ethyl adjacent to an activating group) is 1. The van der Waals surface area contributed by atoms with Crippen LogP contribution in [0.4, 0.5) is 0 Å². The minimum absolute atomic E-state index is 0.00313. The normalized spacial score (nSPS) is 21.8. The molecule has 130 valence electrons. The zero-order valence-corrected chi connectivity index (χ0v) is 14.1. The van der Waals surface area contributed by atoms with E-state index in [1.807, 2.05) is 0 Å². The molecule has 0 radical (unpaired) electrons. The molecule has 2 fully saturated rings. The number of piperazine rings is 2. The second-order valence-corrected chi connectivity index (χ2v) is 6.33. The number of aromatic nitrogens is 2. The van der Waals surface area contributed by atoms with Gasteiger partial charge in [0, 0.05) is 59.9 Å². The maximum atomic E-state index is 12.8. The Morgan fingerprint density at radius 1 is 1.00 bits per heavy atom. The van der Waals surface area contributed by atoms with E-state index in [1.54, 1.807) is 16.8 Å². The van der Waals surface area contributed by atoms with Crippen LogP contribution in [0.2, 0.25) is 0 Å². The fraction of sp³-hybridized carbons (Fsp3) is 0.600. The van der Waals surface area contributed by atoms with Crippen molar-refractivity contribution in [2.45, 2.75) is 6.04 Å². The molecule has 2 aliphatic rings. The monoisotopic (exact) mass is 335 g/mol. The van der Waals surface area contributed by atoms with Gasteiger partial charge in [-0.05, 0) is 0 Å². The van der Waals surface area contributed by atoms with Crippen LogP contribution in [-0.4, -0.2) is 81.5 Å². The third-order valence-corrected chi connectivity index (χ3v) is 4.91. The predicted molar refractivity (Wildman–Crippen MR) is 85.8 cm³/mol. The van der Waals surface area contributed by atoms with Crippen molar-refractivity contribution in [1.82, 2.24) is 23.8 Å². The average molecular weight is 335 g/mol. The van der Waals surface area contributed by atoms with Gasteiger partial charge in [0.25, 0.3) is 11.5 Å². The Labute approximate surface area is 138 Å². The molecule has 0 saturated carbocycles. The van der Waals surface area contributed by atoms with E-state index in [9.17, 15) is 19.2 Å². The summed E-state index contributed by atoms with van der Waals surface area (Å²) in [6.45, 7) is 2.82. The van der Waals surface area contributed by atoms with Crippen LogP contribution < -0.4 is 11.2 Å². The molecule has 2 saturated heterocycles. The summed E-state index contributed by atoms with van der Waals surface area (Å²) in [6, 6.07) is 0.815. The fourth-order valence-corrected chi connectivity index (χ4v) is 3.25. The van der Waals surface area contributed by atoms with Crippen molar-refractivity contribution in [2.75, 3.05) is 39.8 Å². The van der Waals surface area contributed by atoms with Crippen LogP contribution in [-0.2, 0) is 18.9 Å². The first-order valence-corrected chi connectivity index (χ1v) is 7.86. The fourth-order valence-electron chi connectivity index (χ4n) is 3.25. The molecule has 3 rings (SSSR count). The van der Waals surface area contributed by atoms with E-state index in [0.29, 0.717) is 19.6 Å². The second-order valence-electron chi connectivity index (χ2n) is 6.33. The summed E-state index contributed by atoms with van der Waals surface area (Å²) in [5, 5.41) is 0. The van der Waals surface area contributed by atoms with Crippen molar-refractivity contribution >= 4 is 11.8 Å². The lowest BCUT2D eigenvalue weighted by Gasteiger charge is -2.45. The zero-order valence-electron chi connectivity index (χ0n) is 14.1. The van der Waals surface area contributed by atoms with Gasteiger partial charge < -0.3 is 9.80 Å². The number of hydrogen-bond acceptors (Lipinski definition) is 5. The van der Waals surface area contributed by atoms with Crippen LogP contribution in [0, 0.1) is 0 Å². The van der Waals surface area contributed by atoms with Crippen LogP contribution in [0.25, 0.3) is 0 Å². The highest BCUT2D eigenvalue weighted by Crippen LogP contribution is 2.17. The van der Waals surface area contributed by atoms with Crippen molar-refractivity contribution in [3.63, 3.8) is 0 Å². The summed E-state index contributed by atoms with van der Waals surface area (Å²) >= 11 is 0. The van der Waals surface area contributed by atoms with Gasteiger partial charge in [-0.2, -0.15) is 0 Å². The van der Waals surface area contributed by atoms with Gasteiger partial charge in [0.05, 0.1) is 0 Å². The number of amides is 2. The third kappa shape index (κ3) is 2.54. The molecule has 1 aromatic heterocycles. The average Bonchev–Trinajstić information content (AvgIpc) is 2.58. The summed E-state index contributed by atoms with van der Waals surface area (Å²) in [4.78, 5) is 54.2. The maximum absolute atomic E-state index is 12.8. The van der Waals surface area contributed by atoms with Crippen molar-refractivity contribution in [2.24, 2.45) is 14.1 Å². The molecule has 1 aromatic rings. The lowest BCUT2D eigenvalue weighted by atomic mass is 10.1. The predicted octanol–water partition coefficient (Wildman–Crippen LogP) is -2.32. The minimum Gasteiger partial charge on any atom is -0.343 e. The second kappa shape index (κ2) is 5.90. The number of carbonyl (C=O) groups excluding carboxylic acids is 2. The van der Waals surface area contributed by atoms with Crippen molar-refractivity contribution < 1.29 is 9.59 Å². The van der Waals surface area contributed by atoms with Crippen molar-refractivity contribution in [3.8, 4) is 0 Å². The molecule has 24 heavy (non-hydrogen) atoms. The lowest BCUT2D eigenvalue weighted by Crippen LogP contribution is -2.64. The summed E-state index contributed by atoms with van der Waals surface area (Å²) in [7, 11) is 4.59. The zero-order chi connectivity index (χ0) is 17.6.